The largest absolute Gasteiger partial charge is 0.352 e. The molecule has 2 amide bonds. The third kappa shape index (κ3) is 7.37. The van der Waals surface area contributed by atoms with Crippen molar-refractivity contribution in [2.45, 2.75) is 12.8 Å². The molecule has 0 saturated heterocycles. The van der Waals surface area contributed by atoms with Crippen molar-refractivity contribution in [3.05, 3.63) is 64.4 Å². The molecule has 2 rings (SSSR count). The molecule has 0 radical (unpaired) electrons. The molecule has 1 aromatic heterocycles. The van der Waals surface area contributed by atoms with Crippen LogP contribution in [0.2, 0.25) is 5.02 Å². The Morgan fingerprint density at radius 1 is 1.04 bits per heavy atom. The Morgan fingerprint density at radius 2 is 1.74 bits per heavy atom. The van der Waals surface area contributed by atoms with Crippen molar-refractivity contribution >= 4 is 23.4 Å². The highest BCUT2D eigenvalue weighted by Gasteiger charge is 2.11. The van der Waals surface area contributed by atoms with Crippen LogP contribution in [0.15, 0.2) is 42.6 Å². The summed E-state index contributed by atoms with van der Waals surface area (Å²) in [7, 11) is 3.98. The molecule has 1 heterocycles. The van der Waals surface area contributed by atoms with Crippen molar-refractivity contribution in [2.75, 3.05) is 33.7 Å². The Balaban J connectivity index is 1.83. The summed E-state index contributed by atoms with van der Waals surface area (Å²) in [5, 5.41) is 6.36. The number of hydrogen-bond donors (Lipinski definition) is 2. The molecule has 0 unspecified atom stereocenters. The Morgan fingerprint density at radius 3 is 2.44 bits per heavy atom. The number of benzene rings is 1. The van der Waals surface area contributed by atoms with E-state index in [0.717, 1.165) is 18.5 Å². The number of halogens is 1. The fourth-order valence-electron chi connectivity index (χ4n) is 2.46. The molecule has 0 atom stereocenters. The molecule has 0 fully saturated rings. The molecule has 0 bridgehead atoms. The van der Waals surface area contributed by atoms with Gasteiger partial charge in [-0.1, -0.05) is 23.7 Å². The minimum Gasteiger partial charge on any atom is -0.352 e. The number of carbonyl (C=O) groups excluding carboxylic acids is 2. The van der Waals surface area contributed by atoms with Gasteiger partial charge in [0.1, 0.15) is 5.69 Å². The van der Waals surface area contributed by atoms with E-state index in [4.69, 9.17) is 11.6 Å². The standard InChI is InChI=1S/C20H25ClN4O2/c1-25(2)13-3-10-23-19(26)16-9-12-22-18(14-16)20(27)24-11-8-15-4-6-17(21)7-5-15/h4-7,9,12,14H,3,8,10-11,13H2,1-2H3,(H,23,26)(H,24,27). The minimum absolute atomic E-state index is 0.202. The second-order valence-corrected chi connectivity index (χ2v) is 6.91. The highest BCUT2D eigenvalue weighted by atomic mass is 35.5. The van der Waals surface area contributed by atoms with Crippen molar-refractivity contribution in [2.24, 2.45) is 0 Å². The summed E-state index contributed by atoms with van der Waals surface area (Å²) < 4.78 is 0. The SMILES string of the molecule is CN(C)CCCNC(=O)c1ccnc(C(=O)NCCc2ccc(Cl)cc2)c1. The average Bonchev–Trinajstić information content (AvgIpc) is 2.66. The number of aromatic nitrogens is 1. The molecular formula is C20H25ClN4O2. The van der Waals surface area contributed by atoms with Crippen LogP contribution in [0, 0.1) is 0 Å². The zero-order chi connectivity index (χ0) is 19.6. The Hall–Kier alpha value is -2.44. The van der Waals surface area contributed by atoms with E-state index < -0.39 is 0 Å². The van der Waals surface area contributed by atoms with Crippen LogP contribution in [0.5, 0.6) is 0 Å². The predicted molar refractivity (Wildman–Crippen MR) is 107 cm³/mol. The van der Waals surface area contributed by atoms with Gasteiger partial charge >= 0.3 is 0 Å². The molecule has 0 aliphatic carbocycles. The van der Waals surface area contributed by atoms with Crippen molar-refractivity contribution in [3.8, 4) is 0 Å². The number of nitrogens with one attached hydrogen (secondary N) is 2. The molecule has 2 N–H and O–H groups in total. The van der Waals surface area contributed by atoms with Crippen LogP contribution in [-0.4, -0.2) is 55.4 Å². The van der Waals surface area contributed by atoms with Crippen molar-refractivity contribution in [3.63, 3.8) is 0 Å². The van der Waals surface area contributed by atoms with Gasteiger partial charge in [0.15, 0.2) is 0 Å². The van der Waals surface area contributed by atoms with Gasteiger partial charge in [-0.3, -0.25) is 14.6 Å². The maximum atomic E-state index is 12.3. The molecule has 6 nitrogen and oxygen atoms in total. The topological polar surface area (TPSA) is 74.3 Å². The number of rotatable bonds is 9. The first-order valence-corrected chi connectivity index (χ1v) is 9.25. The number of nitrogens with zero attached hydrogens (tertiary/aromatic N) is 2. The maximum Gasteiger partial charge on any atom is 0.269 e. The highest BCUT2D eigenvalue weighted by Crippen LogP contribution is 2.09. The lowest BCUT2D eigenvalue weighted by molar-refractivity contribution is 0.0949. The quantitative estimate of drug-likeness (QED) is 0.647. The Bertz CT molecular complexity index is 763. The first-order valence-electron chi connectivity index (χ1n) is 8.87. The van der Waals surface area contributed by atoms with Crippen LogP contribution in [-0.2, 0) is 6.42 Å². The second kappa shape index (κ2) is 10.6. The fraction of sp³-hybridized carbons (Fsp3) is 0.350. The van der Waals surface area contributed by atoms with Crippen LogP contribution < -0.4 is 10.6 Å². The van der Waals surface area contributed by atoms with E-state index in [1.807, 2.05) is 38.4 Å². The van der Waals surface area contributed by atoms with Crippen LogP contribution in [0.4, 0.5) is 0 Å². The van der Waals surface area contributed by atoms with Crippen molar-refractivity contribution in [1.29, 1.82) is 0 Å². The van der Waals surface area contributed by atoms with Gasteiger partial charge in [-0.05, 0) is 63.3 Å². The summed E-state index contributed by atoms with van der Waals surface area (Å²) in [4.78, 5) is 30.6. The fourth-order valence-corrected chi connectivity index (χ4v) is 2.58. The summed E-state index contributed by atoms with van der Waals surface area (Å²) in [6.07, 6.45) is 3.03. The van der Waals surface area contributed by atoms with Crippen molar-refractivity contribution < 1.29 is 9.59 Å². The van der Waals surface area contributed by atoms with Crippen LogP contribution >= 0.6 is 11.6 Å². The number of pyridine rings is 1. The summed E-state index contributed by atoms with van der Waals surface area (Å²) in [5.74, 6) is -0.502. The molecule has 27 heavy (non-hydrogen) atoms. The van der Waals surface area contributed by atoms with E-state index in [9.17, 15) is 9.59 Å². The van der Waals surface area contributed by atoms with Gasteiger partial charge in [0.05, 0.1) is 0 Å². The van der Waals surface area contributed by atoms with Gasteiger partial charge in [0.2, 0.25) is 0 Å². The molecule has 0 spiro atoms. The summed E-state index contributed by atoms with van der Waals surface area (Å²) in [6, 6.07) is 10.6. The predicted octanol–water partition coefficient (Wildman–Crippen LogP) is 2.39. The zero-order valence-corrected chi connectivity index (χ0v) is 16.4. The van der Waals surface area contributed by atoms with Crippen LogP contribution in [0.3, 0.4) is 0 Å². The lowest BCUT2D eigenvalue weighted by atomic mass is 10.1. The van der Waals surface area contributed by atoms with Gasteiger partial charge in [0.25, 0.3) is 11.8 Å². The third-order valence-corrected chi connectivity index (χ3v) is 4.19. The third-order valence-electron chi connectivity index (χ3n) is 3.93. The van der Waals surface area contributed by atoms with E-state index in [1.165, 1.54) is 12.3 Å². The van der Waals surface area contributed by atoms with Crippen LogP contribution in [0.1, 0.15) is 32.8 Å². The van der Waals surface area contributed by atoms with Gasteiger partial charge in [-0.2, -0.15) is 0 Å². The summed E-state index contributed by atoms with van der Waals surface area (Å²) in [5.41, 5.74) is 1.74. The van der Waals surface area contributed by atoms with Gasteiger partial charge in [0, 0.05) is 29.9 Å². The van der Waals surface area contributed by atoms with E-state index in [2.05, 4.69) is 20.5 Å². The van der Waals surface area contributed by atoms with E-state index >= 15 is 0 Å². The second-order valence-electron chi connectivity index (χ2n) is 6.47. The molecule has 144 valence electrons. The van der Waals surface area contributed by atoms with Gasteiger partial charge in [-0.25, -0.2) is 0 Å². The first-order chi connectivity index (χ1) is 13.0. The number of hydrogen-bond acceptors (Lipinski definition) is 4. The molecule has 0 aliphatic heterocycles. The molecule has 0 saturated carbocycles. The average molecular weight is 389 g/mol. The maximum absolute atomic E-state index is 12.3. The summed E-state index contributed by atoms with van der Waals surface area (Å²) >= 11 is 5.86. The lowest BCUT2D eigenvalue weighted by Gasteiger charge is -2.10. The Kier molecular flexibility index (Phi) is 8.23. The molecular weight excluding hydrogens is 364 g/mol. The molecule has 0 aliphatic rings. The van der Waals surface area contributed by atoms with E-state index in [-0.39, 0.29) is 17.5 Å². The van der Waals surface area contributed by atoms with E-state index in [0.29, 0.717) is 30.1 Å². The smallest absolute Gasteiger partial charge is 0.269 e. The van der Waals surface area contributed by atoms with Gasteiger partial charge < -0.3 is 15.5 Å². The Labute approximate surface area is 164 Å². The highest BCUT2D eigenvalue weighted by molar-refractivity contribution is 6.30. The zero-order valence-electron chi connectivity index (χ0n) is 15.7. The molecule has 2 aromatic rings. The monoisotopic (exact) mass is 388 g/mol. The summed E-state index contributed by atoms with van der Waals surface area (Å²) in [6.45, 7) is 1.96. The molecule has 1 aromatic carbocycles. The number of amides is 2. The molecule has 7 heteroatoms. The normalized spacial score (nSPS) is 10.7. The van der Waals surface area contributed by atoms with Crippen LogP contribution in [0.25, 0.3) is 0 Å². The van der Waals surface area contributed by atoms with Crippen molar-refractivity contribution in [1.82, 2.24) is 20.5 Å². The van der Waals surface area contributed by atoms with E-state index in [1.54, 1.807) is 6.07 Å². The first kappa shape index (κ1) is 20.9. The minimum atomic E-state index is -0.300. The lowest BCUT2D eigenvalue weighted by Crippen LogP contribution is -2.29. The number of carbonyl (C=O) groups is 2. The van der Waals surface area contributed by atoms with Gasteiger partial charge in [-0.15, -0.1) is 0 Å².